The largest absolute Gasteiger partial charge is 0.367 e. The first kappa shape index (κ1) is 14.6. The third-order valence-corrected chi connectivity index (χ3v) is 5.39. The number of hydrogen-bond acceptors (Lipinski definition) is 4. The summed E-state index contributed by atoms with van der Waals surface area (Å²) >= 11 is 1.62. The molecule has 0 aliphatic carbocycles. The van der Waals surface area contributed by atoms with Crippen molar-refractivity contribution in [2.75, 3.05) is 38.1 Å². The van der Waals surface area contributed by atoms with E-state index in [9.17, 15) is 4.39 Å². The molecule has 5 heteroatoms. The zero-order valence-corrected chi connectivity index (χ0v) is 13.8. The predicted molar refractivity (Wildman–Crippen MR) is 94.7 cm³/mol. The molecule has 4 rings (SSSR count). The number of piperazine rings is 1. The number of halogens is 1. The van der Waals surface area contributed by atoms with Crippen LogP contribution in [0.25, 0.3) is 20.8 Å². The van der Waals surface area contributed by atoms with Gasteiger partial charge in [-0.1, -0.05) is 30.3 Å². The average molecular weight is 327 g/mol. The molecule has 3 aromatic rings. The van der Waals surface area contributed by atoms with Crippen LogP contribution in [0.4, 0.5) is 10.1 Å². The Morgan fingerprint density at radius 2 is 1.78 bits per heavy atom. The number of benzene rings is 2. The van der Waals surface area contributed by atoms with Gasteiger partial charge in [0.2, 0.25) is 0 Å². The number of thiazole rings is 1. The zero-order valence-electron chi connectivity index (χ0n) is 13.0. The van der Waals surface area contributed by atoms with Crippen molar-refractivity contribution in [2.45, 2.75) is 0 Å². The second-order valence-corrected chi connectivity index (χ2v) is 6.98. The maximum Gasteiger partial charge on any atom is 0.148 e. The molecular weight excluding hydrogens is 309 g/mol. The van der Waals surface area contributed by atoms with Gasteiger partial charge in [-0.3, -0.25) is 0 Å². The molecule has 0 unspecified atom stereocenters. The molecule has 0 amide bonds. The quantitative estimate of drug-likeness (QED) is 0.712. The number of anilines is 1. The highest BCUT2D eigenvalue weighted by Gasteiger charge is 2.19. The molecule has 2 aromatic carbocycles. The van der Waals surface area contributed by atoms with E-state index in [1.807, 2.05) is 36.4 Å². The summed E-state index contributed by atoms with van der Waals surface area (Å²) in [7, 11) is 2.10. The first-order chi connectivity index (χ1) is 11.2. The molecular formula is C18H18FN3S. The molecule has 2 heterocycles. The van der Waals surface area contributed by atoms with Crippen LogP contribution >= 0.6 is 11.3 Å². The Labute approximate surface area is 139 Å². The fraction of sp³-hybridized carbons (Fsp3) is 0.278. The van der Waals surface area contributed by atoms with Gasteiger partial charge in [0.1, 0.15) is 10.8 Å². The SMILES string of the molecule is CN1CCN(c2cc3sc(-c4ccccc4)nc3cc2F)CC1. The molecule has 1 aliphatic rings. The van der Waals surface area contributed by atoms with Gasteiger partial charge < -0.3 is 9.80 Å². The van der Waals surface area contributed by atoms with E-state index in [1.165, 1.54) is 0 Å². The highest BCUT2D eigenvalue weighted by Crippen LogP contribution is 2.34. The number of rotatable bonds is 2. The van der Waals surface area contributed by atoms with Crippen LogP contribution in [0, 0.1) is 5.82 Å². The smallest absolute Gasteiger partial charge is 0.148 e. The summed E-state index contributed by atoms with van der Waals surface area (Å²) in [5.41, 5.74) is 2.52. The molecule has 0 N–H and O–H groups in total. The van der Waals surface area contributed by atoms with Crippen LogP contribution < -0.4 is 4.90 Å². The second kappa shape index (κ2) is 5.91. The third kappa shape index (κ3) is 2.82. The zero-order chi connectivity index (χ0) is 15.8. The first-order valence-electron chi connectivity index (χ1n) is 7.80. The normalized spacial score (nSPS) is 16.2. The maximum absolute atomic E-state index is 14.5. The van der Waals surface area contributed by atoms with Gasteiger partial charge in [-0.05, 0) is 13.1 Å². The van der Waals surface area contributed by atoms with E-state index >= 15 is 0 Å². The molecule has 0 saturated carbocycles. The fourth-order valence-electron chi connectivity index (χ4n) is 2.93. The number of fused-ring (bicyclic) bond motifs is 1. The van der Waals surface area contributed by atoms with Crippen molar-refractivity contribution < 1.29 is 4.39 Å². The highest BCUT2D eigenvalue weighted by atomic mass is 32.1. The molecule has 1 saturated heterocycles. The Bertz CT molecular complexity index is 823. The summed E-state index contributed by atoms with van der Waals surface area (Å²) in [5.74, 6) is -0.174. The summed E-state index contributed by atoms with van der Waals surface area (Å²) in [5, 5.41) is 0.940. The lowest BCUT2D eigenvalue weighted by Crippen LogP contribution is -2.44. The van der Waals surface area contributed by atoms with Crippen LogP contribution in [-0.4, -0.2) is 43.1 Å². The van der Waals surface area contributed by atoms with E-state index in [0.29, 0.717) is 5.69 Å². The van der Waals surface area contributed by atoms with Crippen LogP contribution in [0.5, 0.6) is 0 Å². The van der Waals surface area contributed by atoms with E-state index < -0.39 is 0 Å². The lowest BCUT2D eigenvalue weighted by molar-refractivity contribution is 0.312. The van der Waals surface area contributed by atoms with Gasteiger partial charge in [0.25, 0.3) is 0 Å². The second-order valence-electron chi connectivity index (χ2n) is 5.95. The number of aromatic nitrogens is 1. The summed E-state index contributed by atoms with van der Waals surface area (Å²) in [6.45, 7) is 3.66. The third-order valence-electron chi connectivity index (χ3n) is 4.32. The van der Waals surface area contributed by atoms with Crippen LogP contribution in [0.3, 0.4) is 0 Å². The molecule has 0 bridgehead atoms. The van der Waals surface area contributed by atoms with E-state index in [4.69, 9.17) is 0 Å². The molecule has 1 aromatic heterocycles. The number of likely N-dealkylation sites (N-methyl/N-ethyl adjacent to an activating group) is 1. The Balaban J connectivity index is 1.72. The Morgan fingerprint density at radius 3 is 2.52 bits per heavy atom. The Hall–Kier alpha value is -1.98. The Kier molecular flexibility index (Phi) is 3.75. The molecule has 0 spiro atoms. The van der Waals surface area contributed by atoms with Crippen molar-refractivity contribution in [3.05, 3.63) is 48.3 Å². The van der Waals surface area contributed by atoms with Crippen LogP contribution in [0.15, 0.2) is 42.5 Å². The van der Waals surface area contributed by atoms with Crippen molar-refractivity contribution in [3.8, 4) is 10.6 Å². The van der Waals surface area contributed by atoms with Crippen LogP contribution in [-0.2, 0) is 0 Å². The van der Waals surface area contributed by atoms with Crippen molar-refractivity contribution in [2.24, 2.45) is 0 Å². The monoisotopic (exact) mass is 327 g/mol. The van der Waals surface area contributed by atoms with E-state index in [-0.39, 0.29) is 5.82 Å². The number of nitrogens with zero attached hydrogens (tertiary/aromatic N) is 3. The lowest BCUT2D eigenvalue weighted by atomic mass is 10.2. The fourth-order valence-corrected chi connectivity index (χ4v) is 3.92. The minimum atomic E-state index is -0.174. The Morgan fingerprint density at radius 1 is 1.04 bits per heavy atom. The van der Waals surface area contributed by atoms with Crippen molar-refractivity contribution >= 4 is 27.2 Å². The number of hydrogen-bond donors (Lipinski definition) is 0. The minimum Gasteiger partial charge on any atom is -0.367 e. The molecule has 1 fully saturated rings. The first-order valence-corrected chi connectivity index (χ1v) is 8.61. The van der Waals surface area contributed by atoms with Crippen molar-refractivity contribution in [1.29, 1.82) is 0 Å². The lowest BCUT2D eigenvalue weighted by Gasteiger charge is -2.34. The van der Waals surface area contributed by atoms with E-state index in [2.05, 4.69) is 21.8 Å². The van der Waals surface area contributed by atoms with E-state index in [1.54, 1.807) is 17.4 Å². The average Bonchev–Trinajstić information content (AvgIpc) is 2.98. The van der Waals surface area contributed by atoms with Gasteiger partial charge in [0, 0.05) is 37.8 Å². The van der Waals surface area contributed by atoms with Crippen LogP contribution in [0.1, 0.15) is 0 Å². The van der Waals surface area contributed by atoms with Crippen LogP contribution in [0.2, 0.25) is 0 Å². The summed E-state index contributed by atoms with van der Waals surface area (Å²) < 4.78 is 15.6. The van der Waals surface area contributed by atoms with Gasteiger partial charge in [0.15, 0.2) is 0 Å². The molecule has 23 heavy (non-hydrogen) atoms. The van der Waals surface area contributed by atoms with Gasteiger partial charge >= 0.3 is 0 Å². The van der Waals surface area contributed by atoms with Gasteiger partial charge in [0.05, 0.1) is 15.9 Å². The maximum atomic E-state index is 14.5. The standard InChI is InChI=1S/C18H18FN3S/c1-21-7-9-22(10-8-21)16-12-17-15(11-14(16)19)20-18(23-17)13-5-3-2-4-6-13/h2-6,11-12H,7-10H2,1H3. The topological polar surface area (TPSA) is 19.4 Å². The predicted octanol–water partition coefficient (Wildman–Crippen LogP) is 3.85. The highest BCUT2D eigenvalue weighted by molar-refractivity contribution is 7.21. The molecule has 0 atom stereocenters. The summed E-state index contributed by atoms with van der Waals surface area (Å²) in [6, 6.07) is 13.6. The molecule has 3 nitrogen and oxygen atoms in total. The van der Waals surface area contributed by atoms with Gasteiger partial charge in [-0.25, -0.2) is 9.37 Å². The molecule has 1 aliphatic heterocycles. The van der Waals surface area contributed by atoms with Crippen molar-refractivity contribution in [3.63, 3.8) is 0 Å². The summed E-state index contributed by atoms with van der Waals surface area (Å²) in [4.78, 5) is 9.00. The molecule has 118 valence electrons. The summed E-state index contributed by atoms with van der Waals surface area (Å²) in [6.07, 6.45) is 0. The van der Waals surface area contributed by atoms with E-state index in [0.717, 1.165) is 47.0 Å². The van der Waals surface area contributed by atoms with Gasteiger partial charge in [-0.2, -0.15) is 0 Å². The molecule has 0 radical (unpaired) electrons. The van der Waals surface area contributed by atoms with Gasteiger partial charge in [-0.15, -0.1) is 11.3 Å². The van der Waals surface area contributed by atoms with Crippen molar-refractivity contribution in [1.82, 2.24) is 9.88 Å². The minimum absolute atomic E-state index is 0.174.